The van der Waals surface area contributed by atoms with Gasteiger partial charge in [-0.3, -0.25) is 9.62 Å². The number of aryl methyl sites for hydroxylation is 1. The molecule has 3 aromatic rings. The van der Waals surface area contributed by atoms with Crippen molar-refractivity contribution in [3.8, 4) is 0 Å². The minimum absolute atomic E-state index is 0.121. The second-order valence-electron chi connectivity index (χ2n) is 7.61. The zero-order valence-electron chi connectivity index (χ0n) is 17.4. The molecular weight excluding hydrogens is 438 g/mol. The van der Waals surface area contributed by atoms with Crippen molar-refractivity contribution in [2.24, 2.45) is 0 Å². The molecule has 1 aliphatic rings. The number of ether oxygens (including phenoxy) is 1. The van der Waals surface area contributed by atoms with Gasteiger partial charge in [0.2, 0.25) is 0 Å². The van der Waals surface area contributed by atoms with Gasteiger partial charge in [-0.25, -0.2) is 8.42 Å². The molecule has 1 saturated heterocycles. The highest BCUT2D eigenvalue weighted by molar-refractivity contribution is 7.92. The number of fused-ring (bicyclic) bond motifs is 1. The molecule has 1 fully saturated rings. The Hall–Kier alpha value is -2.26. The Balaban J connectivity index is 1.47. The summed E-state index contributed by atoms with van der Waals surface area (Å²) in [6.45, 7) is 7.06. The summed E-state index contributed by atoms with van der Waals surface area (Å²) in [4.78, 5) is 2.50. The summed E-state index contributed by atoms with van der Waals surface area (Å²) in [5.74, 6) is 0. The predicted molar refractivity (Wildman–Crippen MR) is 124 cm³/mol. The highest BCUT2D eigenvalue weighted by Gasteiger charge is 2.17. The summed E-state index contributed by atoms with van der Waals surface area (Å²) in [5, 5.41) is 4.62. The maximum Gasteiger partial charge on any atom is 0.261 e. The summed E-state index contributed by atoms with van der Waals surface area (Å²) >= 11 is 6.11. The summed E-state index contributed by atoms with van der Waals surface area (Å²) < 4.78 is 39.4. The fraction of sp³-hybridized carbons (Fsp3) is 0.364. The van der Waals surface area contributed by atoms with E-state index in [-0.39, 0.29) is 4.90 Å². The fourth-order valence-electron chi connectivity index (χ4n) is 3.58. The largest absolute Gasteiger partial charge is 0.462 e. The number of morpholine rings is 1. The van der Waals surface area contributed by atoms with E-state index in [1.54, 1.807) is 30.5 Å². The van der Waals surface area contributed by atoms with Gasteiger partial charge in [0.15, 0.2) is 5.58 Å². The quantitative estimate of drug-likeness (QED) is 0.484. The van der Waals surface area contributed by atoms with Gasteiger partial charge < -0.3 is 14.5 Å². The van der Waals surface area contributed by atoms with Crippen molar-refractivity contribution in [3.63, 3.8) is 0 Å². The molecule has 0 aliphatic carbocycles. The molecule has 31 heavy (non-hydrogen) atoms. The van der Waals surface area contributed by atoms with Crippen LogP contribution in [0.4, 0.5) is 11.4 Å². The van der Waals surface area contributed by atoms with Crippen molar-refractivity contribution in [1.29, 1.82) is 0 Å². The number of hydrogen-bond donors (Lipinski definition) is 2. The molecule has 0 unspecified atom stereocenters. The lowest BCUT2D eigenvalue weighted by atomic mass is 10.2. The van der Waals surface area contributed by atoms with Crippen molar-refractivity contribution in [2.75, 3.05) is 49.4 Å². The average Bonchev–Trinajstić information content (AvgIpc) is 3.22. The summed E-state index contributed by atoms with van der Waals surface area (Å²) in [6, 6.07) is 10.0. The zero-order valence-corrected chi connectivity index (χ0v) is 18.9. The van der Waals surface area contributed by atoms with E-state index < -0.39 is 10.0 Å². The lowest BCUT2D eigenvalue weighted by molar-refractivity contribution is 0.0378. The highest BCUT2D eigenvalue weighted by atomic mass is 35.5. The molecule has 2 aromatic carbocycles. The monoisotopic (exact) mass is 463 g/mol. The third kappa shape index (κ3) is 5.33. The molecule has 2 heterocycles. The van der Waals surface area contributed by atoms with Crippen LogP contribution < -0.4 is 10.0 Å². The van der Waals surface area contributed by atoms with Crippen molar-refractivity contribution in [1.82, 2.24) is 4.90 Å². The van der Waals surface area contributed by atoms with Crippen LogP contribution in [-0.2, 0) is 14.8 Å². The first-order chi connectivity index (χ1) is 14.9. The number of benzene rings is 2. The van der Waals surface area contributed by atoms with Crippen LogP contribution in [0.1, 0.15) is 12.0 Å². The second kappa shape index (κ2) is 9.48. The molecular formula is C22H26ClN3O4S. The summed E-state index contributed by atoms with van der Waals surface area (Å²) in [6.07, 6.45) is 2.56. The SMILES string of the molecule is Cc1ccc(S(=O)(=O)Nc2cc(NCCCN3CCOCC3)c3occc3c2)cc1Cl. The number of sulfonamides is 1. The van der Waals surface area contributed by atoms with E-state index in [1.165, 1.54) is 6.07 Å². The van der Waals surface area contributed by atoms with E-state index >= 15 is 0 Å². The number of rotatable bonds is 8. The standard InChI is InChI=1S/C22H26ClN3O4S/c1-16-3-4-19(15-20(16)23)31(27,28)25-18-13-17-5-10-30-22(17)21(14-18)24-6-2-7-26-8-11-29-12-9-26/h3-5,10,13-15,24-25H,2,6-9,11-12H2,1H3. The van der Waals surface area contributed by atoms with Crippen LogP contribution in [0.15, 0.2) is 52.0 Å². The van der Waals surface area contributed by atoms with Crippen LogP contribution in [0.5, 0.6) is 0 Å². The predicted octanol–water partition coefficient (Wildman–Crippen LogP) is 4.33. The third-order valence-electron chi connectivity index (χ3n) is 5.33. The van der Waals surface area contributed by atoms with E-state index in [1.807, 2.05) is 13.0 Å². The normalized spacial score (nSPS) is 15.3. The topological polar surface area (TPSA) is 83.8 Å². The molecule has 1 aliphatic heterocycles. The number of furan rings is 1. The highest BCUT2D eigenvalue weighted by Crippen LogP contribution is 2.31. The van der Waals surface area contributed by atoms with Gasteiger partial charge in [0.1, 0.15) is 0 Å². The Labute approximate surface area is 187 Å². The van der Waals surface area contributed by atoms with Gasteiger partial charge in [-0.15, -0.1) is 0 Å². The van der Waals surface area contributed by atoms with Gasteiger partial charge in [0.25, 0.3) is 10.0 Å². The average molecular weight is 464 g/mol. The number of nitrogens with one attached hydrogen (secondary N) is 2. The maximum atomic E-state index is 12.9. The first kappa shape index (κ1) is 22.0. The zero-order chi connectivity index (χ0) is 21.8. The Bertz CT molecular complexity index is 1160. The number of nitrogens with zero attached hydrogens (tertiary/aromatic N) is 1. The molecule has 9 heteroatoms. The van der Waals surface area contributed by atoms with Crippen molar-refractivity contribution < 1.29 is 17.6 Å². The van der Waals surface area contributed by atoms with Crippen molar-refractivity contribution >= 4 is 44.0 Å². The van der Waals surface area contributed by atoms with Gasteiger partial charge in [0.05, 0.1) is 35.7 Å². The van der Waals surface area contributed by atoms with Crippen LogP contribution in [0.3, 0.4) is 0 Å². The first-order valence-corrected chi connectivity index (χ1v) is 12.1. The Morgan fingerprint density at radius 2 is 1.94 bits per heavy atom. The summed E-state index contributed by atoms with van der Waals surface area (Å²) in [7, 11) is -3.77. The molecule has 7 nitrogen and oxygen atoms in total. The first-order valence-electron chi connectivity index (χ1n) is 10.3. The van der Waals surface area contributed by atoms with Gasteiger partial charge in [0, 0.05) is 30.0 Å². The molecule has 1 aromatic heterocycles. The van der Waals surface area contributed by atoms with E-state index in [0.717, 1.165) is 62.5 Å². The third-order valence-corrected chi connectivity index (χ3v) is 7.11. The van der Waals surface area contributed by atoms with E-state index in [0.29, 0.717) is 16.3 Å². The number of anilines is 2. The smallest absolute Gasteiger partial charge is 0.261 e. The molecule has 0 bridgehead atoms. The Morgan fingerprint density at radius 1 is 1.13 bits per heavy atom. The van der Waals surface area contributed by atoms with Crippen molar-refractivity contribution in [3.05, 3.63) is 53.2 Å². The van der Waals surface area contributed by atoms with Crippen LogP contribution >= 0.6 is 11.6 Å². The van der Waals surface area contributed by atoms with Gasteiger partial charge in [-0.05, 0) is 55.8 Å². The lowest BCUT2D eigenvalue weighted by Crippen LogP contribution is -2.37. The lowest BCUT2D eigenvalue weighted by Gasteiger charge is -2.26. The van der Waals surface area contributed by atoms with Crippen LogP contribution in [0.2, 0.25) is 5.02 Å². The fourth-order valence-corrected chi connectivity index (χ4v) is 4.89. The molecule has 2 N–H and O–H groups in total. The minimum Gasteiger partial charge on any atom is -0.462 e. The van der Waals surface area contributed by atoms with Gasteiger partial charge >= 0.3 is 0 Å². The maximum absolute atomic E-state index is 12.9. The molecule has 0 atom stereocenters. The van der Waals surface area contributed by atoms with Crippen LogP contribution in [-0.4, -0.2) is 52.7 Å². The molecule has 0 amide bonds. The molecule has 166 valence electrons. The Kier molecular flexibility index (Phi) is 6.71. The molecule has 4 rings (SSSR count). The number of halogens is 1. The van der Waals surface area contributed by atoms with Crippen molar-refractivity contribution in [2.45, 2.75) is 18.2 Å². The Morgan fingerprint density at radius 3 is 2.71 bits per heavy atom. The van der Waals surface area contributed by atoms with E-state index in [2.05, 4.69) is 14.9 Å². The van der Waals surface area contributed by atoms with Gasteiger partial charge in [-0.1, -0.05) is 17.7 Å². The summed E-state index contributed by atoms with van der Waals surface area (Å²) in [5.41, 5.74) is 2.74. The van der Waals surface area contributed by atoms with Crippen LogP contribution in [0, 0.1) is 6.92 Å². The molecule has 0 saturated carbocycles. The number of hydrogen-bond acceptors (Lipinski definition) is 6. The molecule has 0 radical (unpaired) electrons. The van der Waals surface area contributed by atoms with E-state index in [4.69, 9.17) is 20.8 Å². The molecule has 0 spiro atoms. The van der Waals surface area contributed by atoms with Crippen LogP contribution in [0.25, 0.3) is 11.0 Å². The van der Waals surface area contributed by atoms with E-state index in [9.17, 15) is 8.42 Å². The minimum atomic E-state index is -3.77. The van der Waals surface area contributed by atoms with Gasteiger partial charge in [-0.2, -0.15) is 0 Å². The second-order valence-corrected chi connectivity index (χ2v) is 9.70.